The zero-order valence-corrected chi connectivity index (χ0v) is 13.1. The number of hydrogen-bond acceptors (Lipinski definition) is 4. The van der Waals surface area contributed by atoms with Gasteiger partial charge in [0.2, 0.25) is 5.89 Å². The van der Waals surface area contributed by atoms with Gasteiger partial charge >= 0.3 is 0 Å². The molecule has 4 nitrogen and oxygen atoms in total. The molecule has 21 heavy (non-hydrogen) atoms. The lowest BCUT2D eigenvalue weighted by atomic mass is 9.80. The lowest BCUT2D eigenvalue weighted by Crippen LogP contribution is -2.26. The minimum atomic E-state index is -0.186. The molecular weight excluding hydrogens is 264 g/mol. The molecule has 2 saturated carbocycles. The van der Waals surface area contributed by atoms with E-state index in [0.717, 1.165) is 43.3 Å². The Morgan fingerprint density at radius 1 is 1.10 bits per heavy atom. The van der Waals surface area contributed by atoms with Crippen LogP contribution in [0, 0.1) is 11.8 Å². The second-order valence-electron chi connectivity index (χ2n) is 6.99. The van der Waals surface area contributed by atoms with E-state index in [0.29, 0.717) is 11.8 Å². The van der Waals surface area contributed by atoms with E-state index in [4.69, 9.17) is 4.52 Å². The van der Waals surface area contributed by atoms with E-state index in [-0.39, 0.29) is 6.10 Å². The van der Waals surface area contributed by atoms with Crippen molar-refractivity contribution in [1.29, 1.82) is 0 Å². The molecule has 0 aliphatic heterocycles. The molecule has 0 amide bonds. The van der Waals surface area contributed by atoms with Crippen LogP contribution in [0.1, 0.15) is 82.3 Å². The first-order chi connectivity index (χ1) is 10.3. The molecule has 1 heterocycles. The molecule has 0 saturated heterocycles. The number of aliphatic hydroxyl groups excluding tert-OH is 1. The molecule has 2 aliphatic carbocycles. The van der Waals surface area contributed by atoms with E-state index in [1.54, 1.807) is 0 Å². The smallest absolute Gasteiger partial charge is 0.227 e. The third-order valence-corrected chi connectivity index (χ3v) is 5.58. The van der Waals surface area contributed by atoms with Crippen molar-refractivity contribution in [2.75, 3.05) is 0 Å². The van der Waals surface area contributed by atoms with Crippen LogP contribution in [0.25, 0.3) is 0 Å². The zero-order chi connectivity index (χ0) is 14.7. The quantitative estimate of drug-likeness (QED) is 0.915. The number of aromatic nitrogens is 2. The van der Waals surface area contributed by atoms with Crippen molar-refractivity contribution in [3.8, 4) is 0 Å². The summed E-state index contributed by atoms with van der Waals surface area (Å²) < 4.78 is 5.45. The molecule has 0 bridgehead atoms. The first-order valence-electron chi connectivity index (χ1n) is 8.76. The van der Waals surface area contributed by atoms with Gasteiger partial charge in [-0.3, -0.25) is 0 Å². The first kappa shape index (κ1) is 15.0. The maximum absolute atomic E-state index is 10.1. The maximum atomic E-state index is 10.1. The van der Waals surface area contributed by atoms with Crippen LogP contribution in [-0.4, -0.2) is 21.4 Å². The summed E-state index contributed by atoms with van der Waals surface area (Å²) in [6, 6.07) is 0. The van der Waals surface area contributed by atoms with Gasteiger partial charge in [0.25, 0.3) is 0 Å². The number of hydrogen-bond donors (Lipinski definition) is 1. The normalized spacial score (nSPS) is 34.0. The minimum Gasteiger partial charge on any atom is -0.393 e. The van der Waals surface area contributed by atoms with Crippen molar-refractivity contribution >= 4 is 0 Å². The van der Waals surface area contributed by atoms with Gasteiger partial charge in [-0.15, -0.1) is 0 Å². The second-order valence-corrected chi connectivity index (χ2v) is 6.99. The Labute approximate surface area is 127 Å². The Morgan fingerprint density at radius 3 is 2.57 bits per heavy atom. The summed E-state index contributed by atoms with van der Waals surface area (Å²) in [5.41, 5.74) is 0. The van der Waals surface area contributed by atoms with E-state index in [9.17, 15) is 5.11 Å². The van der Waals surface area contributed by atoms with Crippen molar-refractivity contribution in [2.24, 2.45) is 11.8 Å². The summed E-state index contributed by atoms with van der Waals surface area (Å²) in [6.07, 6.45) is 11.2. The highest BCUT2D eigenvalue weighted by Crippen LogP contribution is 2.36. The van der Waals surface area contributed by atoms with Crippen molar-refractivity contribution < 1.29 is 9.63 Å². The van der Waals surface area contributed by atoms with Gasteiger partial charge in [0.15, 0.2) is 5.82 Å². The predicted molar refractivity (Wildman–Crippen MR) is 81.0 cm³/mol. The highest BCUT2D eigenvalue weighted by molar-refractivity contribution is 4.98. The first-order valence-corrected chi connectivity index (χ1v) is 8.76. The van der Waals surface area contributed by atoms with Gasteiger partial charge in [-0.2, -0.15) is 4.98 Å². The van der Waals surface area contributed by atoms with E-state index in [1.807, 2.05) is 0 Å². The highest BCUT2D eigenvalue weighted by atomic mass is 16.5. The molecule has 1 N–H and O–H groups in total. The van der Waals surface area contributed by atoms with Crippen LogP contribution in [0.5, 0.6) is 0 Å². The van der Waals surface area contributed by atoms with Gasteiger partial charge < -0.3 is 9.63 Å². The molecule has 118 valence electrons. The standard InChI is InChI=1S/C17H28N2O2/c1-2-12-7-9-13(10-8-12)17-18-16(21-19-17)11-14-5-3-4-6-15(14)20/h12-15,20H,2-11H2,1H3. The van der Waals surface area contributed by atoms with Gasteiger partial charge in [0.1, 0.15) is 0 Å². The molecule has 3 rings (SSSR count). The van der Waals surface area contributed by atoms with Crippen LogP contribution in [0.15, 0.2) is 4.52 Å². The van der Waals surface area contributed by atoms with Gasteiger partial charge in [-0.05, 0) is 50.4 Å². The Morgan fingerprint density at radius 2 is 1.86 bits per heavy atom. The summed E-state index contributed by atoms with van der Waals surface area (Å²) in [5, 5.41) is 14.3. The molecule has 2 aliphatic rings. The second kappa shape index (κ2) is 6.91. The van der Waals surface area contributed by atoms with Crippen molar-refractivity contribution in [1.82, 2.24) is 10.1 Å². The Bertz CT molecular complexity index is 438. The monoisotopic (exact) mass is 292 g/mol. The Hall–Kier alpha value is -0.900. The van der Waals surface area contributed by atoms with E-state index < -0.39 is 0 Å². The molecule has 0 spiro atoms. The molecule has 1 aromatic heterocycles. The SMILES string of the molecule is CCC1CCC(c2noc(CC3CCCCC3O)n2)CC1. The number of rotatable bonds is 4. The molecule has 4 heteroatoms. The Balaban J connectivity index is 1.56. The van der Waals surface area contributed by atoms with Crippen LogP contribution in [0.4, 0.5) is 0 Å². The fourth-order valence-electron chi connectivity index (χ4n) is 4.00. The van der Waals surface area contributed by atoms with Gasteiger partial charge in [0.05, 0.1) is 6.10 Å². The number of aliphatic hydroxyl groups is 1. The minimum absolute atomic E-state index is 0.186. The topological polar surface area (TPSA) is 59.2 Å². The fraction of sp³-hybridized carbons (Fsp3) is 0.882. The third kappa shape index (κ3) is 3.65. The van der Waals surface area contributed by atoms with Gasteiger partial charge in [0, 0.05) is 12.3 Å². The van der Waals surface area contributed by atoms with Gasteiger partial charge in [-0.25, -0.2) is 0 Å². The molecule has 1 aromatic rings. The molecule has 0 aromatic carbocycles. The molecular formula is C17H28N2O2. The average Bonchev–Trinajstić information content (AvgIpc) is 2.98. The predicted octanol–water partition coefficient (Wildman–Crippen LogP) is 3.85. The molecule has 2 unspecified atom stereocenters. The van der Waals surface area contributed by atoms with Crippen LogP contribution < -0.4 is 0 Å². The third-order valence-electron chi connectivity index (χ3n) is 5.58. The Kier molecular flexibility index (Phi) is 4.94. The molecule has 0 radical (unpaired) electrons. The van der Waals surface area contributed by atoms with Gasteiger partial charge in [-0.1, -0.05) is 31.3 Å². The summed E-state index contributed by atoms with van der Waals surface area (Å²) in [5.74, 6) is 3.33. The summed E-state index contributed by atoms with van der Waals surface area (Å²) in [7, 11) is 0. The molecule has 2 atom stereocenters. The summed E-state index contributed by atoms with van der Waals surface area (Å²) in [6.45, 7) is 2.28. The van der Waals surface area contributed by atoms with Crippen molar-refractivity contribution in [3.05, 3.63) is 11.7 Å². The maximum Gasteiger partial charge on any atom is 0.227 e. The summed E-state index contributed by atoms with van der Waals surface area (Å²) >= 11 is 0. The fourth-order valence-corrected chi connectivity index (χ4v) is 4.00. The van der Waals surface area contributed by atoms with Crippen LogP contribution in [0.2, 0.25) is 0 Å². The van der Waals surface area contributed by atoms with Crippen LogP contribution >= 0.6 is 0 Å². The van der Waals surface area contributed by atoms with E-state index in [2.05, 4.69) is 17.1 Å². The van der Waals surface area contributed by atoms with Crippen LogP contribution in [-0.2, 0) is 6.42 Å². The summed E-state index contributed by atoms with van der Waals surface area (Å²) in [4.78, 5) is 4.62. The lowest BCUT2D eigenvalue weighted by Gasteiger charge is -2.26. The van der Waals surface area contributed by atoms with Crippen LogP contribution in [0.3, 0.4) is 0 Å². The highest BCUT2D eigenvalue weighted by Gasteiger charge is 2.28. The van der Waals surface area contributed by atoms with Crippen molar-refractivity contribution in [3.63, 3.8) is 0 Å². The number of nitrogens with zero attached hydrogens (tertiary/aromatic N) is 2. The average molecular weight is 292 g/mol. The van der Waals surface area contributed by atoms with E-state index in [1.165, 1.54) is 38.5 Å². The lowest BCUT2D eigenvalue weighted by molar-refractivity contribution is 0.0657. The zero-order valence-electron chi connectivity index (χ0n) is 13.1. The largest absolute Gasteiger partial charge is 0.393 e. The van der Waals surface area contributed by atoms with Crippen molar-refractivity contribution in [2.45, 2.75) is 83.2 Å². The molecule has 2 fully saturated rings. The van der Waals surface area contributed by atoms with E-state index >= 15 is 0 Å².